The highest BCUT2D eigenvalue weighted by atomic mass is 79.9. The molecule has 0 amide bonds. The molecule has 166 valence electrons. The summed E-state index contributed by atoms with van der Waals surface area (Å²) in [6.45, 7) is 4.88. The molecule has 6 nitrogen and oxygen atoms in total. The minimum atomic E-state index is 0.513. The van der Waals surface area contributed by atoms with Gasteiger partial charge in [-0.25, -0.2) is 4.98 Å². The highest BCUT2D eigenvalue weighted by Crippen LogP contribution is 2.34. The second-order valence-corrected chi connectivity index (χ2v) is 9.86. The van der Waals surface area contributed by atoms with Gasteiger partial charge in [-0.15, -0.1) is 0 Å². The lowest BCUT2D eigenvalue weighted by Crippen LogP contribution is -2.36. The summed E-state index contributed by atoms with van der Waals surface area (Å²) in [4.78, 5) is 7.02. The number of pyridine rings is 1. The molecule has 1 saturated carbocycles. The van der Waals surface area contributed by atoms with Crippen LogP contribution in [-0.2, 0) is 13.6 Å². The number of rotatable bonds is 6. The molecule has 0 aliphatic heterocycles. The molecular formula is C24H33BrN6. The van der Waals surface area contributed by atoms with Crippen LogP contribution < -0.4 is 10.6 Å². The van der Waals surface area contributed by atoms with Gasteiger partial charge < -0.3 is 15.5 Å². The summed E-state index contributed by atoms with van der Waals surface area (Å²) in [5, 5.41) is 14.2. The predicted octanol–water partition coefficient (Wildman–Crippen LogP) is 5.24. The molecule has 4 rings (SSSR count). The van der Waals surface area contributed by atoms with E-state index in [2.05, 4.69) is 87.7 Å². The fraction of sp³-hybridized carbons (Fsp3) is 0.500. The molecule has 31 heavy (non-hydrogen) atoms. The van der Waals surface area contributed by atoms with Crippen molar-refractivity contribution >= 4 is 38.2 Å². The van der Waals surface area contributed by atoms with Crippen molar-refractivity contribution in [3.05, 3.63) is 45.8 Å². The minimum Gasteiger partial charge on any atom is -0.382 e. The van der Waals surface area contributed by atoms with E-state index in [-0.39, 0.29) is 0 Å². The number of nitrogens with one attached hydrogen (secondary N) is 2. The number of aromatic nitrogens is 3. The highest BCUT2D eigenvalue weighted by molar-refractivity contribution is 9.10. The largest absolute Gasteiger partial charge is 0.382 e. The van der Waals surface area contributed by atoms with Crippen molar-refractivity contribution < 1.29 is 0 Å². The summed E-state index contributed by atoms with van der Waals surface area (Å²) in [6, 6.07) is 7.68. The van der Waals surface area contributed by atoms with E-state index in [9.17, 15) is 0 Å². The maximum atomic E-state index is 4.65. The van der Waals surface area contributed by atoms with E-state index in [0.29, 0.717) is 18.6 Å². The van der Waals surface area contributed by atoms with Crippen molar-refractivity contribution in [2.24, 2.45) is 7.05 Å². The van der Waals surface area contributed by atoms with Crippen LogP contribution in [0.4, 0.5) is 11.5 Å². The van der Waals surface area contributed by atoms with E-state index in [0.717, 1.165) is 21.4 Å². The SMILES string of the molecule is Cc1nn(C)c(C)c1CNc1nccc2c(NC3CCC(N(C)C)CC3)cc(Br)cc12. The number of hydrogen-bond acceptors (Lipinski definition) is 5. The Balaban J connectivity index is 1.56. The Bertz CT molecular complexity index is 1070. The van der Waals surface area contributed by atoms with Gasteiger partial charge in [-0.2, -0.15) is 5.10 Å². The Morgan fingerprint density at radius 3 is 2.52 bits per heavy atom. The maximum absolute atomic E-state index is 4.65. The number of halogens is 1. The van der Waals surface area contributed by atoms with E-state index >= 15 is 0 Å². The molecule has 0 radical (unpaired) electrons. The van der Waals surface area contributed by atoms with Crippen LogP contribution >= 0.6 is 15.9 Å². The fourth-order valence-corrected chi connectivity index (χ4v) is 5.17. The standard InChI is InChI=1S/C24H33BrN6/c1-15-22(16(2)31(5)29-15)14-27-24-21-12-17(25)13-23(20(21)10-11-26-24)28-18-6-8-19(9-7-18)30(3)4/h10-13,18-19,28H,6-9,14H2,1-5H3,(H,26,27). The van der Waals surface area contributed by atoms with E-state index in [1.165, 1.54) is 48.0 Å². The molecule has 0 saturated heterocycles. The second-order valence-electron chi connectivity index (χ2n) is 8.95. The molecule has 2 aromatic heterocycles. The van der Waals surface area contributed by atoms with Crippen LogP contribution in [0.1, 0.15) is 42.6 Å². The minimum absolute atomic E-state index is 0.513. The monoisotopic (exact) mass is 484 g/mol. The summed E-state index contributed by atoms with van der Waals surface area (Å²) < 4.78 is 3.00. The number of fused-ring (bicyclic) bond motifs is 1. The van der Waals surface area contributed by atoms with Crippen LogP contribution in [-0.4, -0.2) is 45.8 Å². The molecule has 1 aliphatic rings. The quantitative estimate of drug-likeness (QED) is 0.500. The Labute approximate surface area is 193 Å². The predicted molar refractivity (Wildman–Crippen MR) is 133 cm³/mol. The molecular weight excluding hydrogens is 452 g/mol. The van der Waals surface area contributed by atoms with Crippen LogP contribution in [0, 0.1) is 13.8 Å². The molecule has 0 spiro atoms. The molecule has 0 atom stereocenters. The van der Waals surface area contributed by atoms with E-state index in [4.69, 9.17) is 0 Å². The number of benzene rings is 1. The first-order chi connectivity index (χ1) is 14.8. The van der Waals surface area contributed by atoms with Gasteiger partial charge in [0.15, 0.2) is 0 Å². The number of hydrogen-bond donors (Lipinski definition) is 2. The van der Waals surface area contributed by atoms with Gasteiger partial charge in [0.1, 0.15) is 5.82 Å². The molecule has 2 N–H and O–H groups in total. The summed E-state index contributed by atoms with van der Waals surface area (Å²) >= 11 is 3.72. The van der Waals surface area contributed by atoms with E-state index < -0.39 is 0 Å². The van der Waals surface area contributed by atoms with Gasteiger partial charge in [0.2, 0.25) is 0 Å². The van der Waals surface area contributed by atoms with Crippen LogP contribution in [0.2, 0.25) is 0 Å². The van der Waals surface area contributed by atoms with Crippen molar-refractivity contribution in [2.45, 2.75) is 58.2 Å². The van der Waals surface area contributed by atoms with E-state index in [1.807, 2.05) is 17.9 Å². The summed E-state index contributed by atoms with van der Waals surface area (Å²) in [7, 11) is 6.37. The van der Waals surface area contributed by atoms with Crippen molar-refractivity contribution in [1.82, 2.24) is 19.7 Å². The lowest BCUT2D eigenvalue weighted by Gasteiger charge is -2.33. The zero-order valence-corrected chi connectivity index (χ0v) is 20.8. The summed E-state index contributed by atoms with van der Waals surface area (Å²) in [5.74, 6) is 0.904. The number of nitrogens with zero attached hydrogens (tertiary/aromatic N) is 4. The fourth-order valence-electron chi connectivity index (χ4n) is 4.71. The topological polar surface area (TPSA) is 58.0 Å². The smallest absolute Gasteiger partial charge is 0.134 e. The van der Waals surface area contributed by atoms with Crippen LogP contribution in [0.25, 0.3) is 10.8 Å². The lowest BCUT2D eigenvalue weighted by atomic mass is 9.90. The molecule has 1 aromatic carbocycles. The zero-order valence-electron chi connectivity index (χ0n) is 19.2. The molecule has 1 fully saturated rings. The first kappa shape index (κ1) is 22.1. The van der Waals surface area contributed by atoms with Gasteiger partial charge in [0.05, 0.1) is 5.69 Å². The average Bonchev–Trinajstić information content (AvgIpc) is 2.98. The zero-order chi connectivity index (χ0) is 22.1. The summed E-state index contributed by atoms with van der Waals surface area (Å²) in [5.41, 5.74) is 4.65. The highest BCUT2D eigenvalue weighted by Gasteiger charge is 2.23. The third kappa shape index (κ3) is 4.72. The molecule has 0 bridgehead atoms. The summed E-state index contributed by atoms with van der Waals surface area (Å²) in [6.07, 6.45) is 6.79. The third-order valence-corrected chi connectivity index (χ3v) is 7.18. The van der Waals surface area contributed by atoms with Crippen LogP contribution in [0.15, 0.2) is 28.9 Å². The van der Waals surface area contributed by atoms with Gasteiger partial charge in [-0.05, 0) is 71.8 Å². The molecule has 2 heterocycles. The maximum Gasteiger partial charge on any atom is 0.134 e. The molecule has 3 aromatic rings. The van der Waals surface area contributed by atoms with Gasteiger partial charge in [0.25, 0.3) is 0 Å². The van der Waals surface area contributed by atoms with Gasteiger partial charge >= 0.3 is 0 Å². The normalized spacial score (nSPS) is 19.2. The van der Waals surface area contributed by atoms with Gasteiger partial charge in [-0.1, -0.05) is 15.9 Å². The van der Waals surface area contributed by atoms with Crippen LogP contribution in [0.3, 0.4) is 0 Å². The first-order valence-electron chi connectivity index (χ1n) is 11.1. The molecule has 1 aliphatic carbocycles. The average molecular weight is 485 g/mol. The van der Waals surface area contributed by atoms with Crippen molar-refractivity contribution in [2.75, 3.05) is 24.7 Å². The van der Waals surface area contributed by atoms with Gasteiger partial charge in [-0.3, -0.25) is 4.68 Å². The Morgan fingerprint density at radius 2 is 1.87 bits per heavy atom. The molecule has 7 heteroatoms. The number of anilines is 2. The Kier molecular flexibility index (Phi) is 6.53. The van der Waals surface area contributed by atoms with Crippen molar-refractivity contribution in [1.29, 1.82) is 0 Å². The van der Waals surface area contributed by atoms with Crippen LogP contribution in [0.5, 0.6) is 0 Å². The lowest BCUT2D eigenvalue weighted by molar-refractivity contribution is 0.221. The Hall–Kier alpha value is -2.12. The van der Waals surface area contributed by atoms with E-state index in [1.54, 1.807) is 0 Å². The third-order valence-electron chi connectivity index (χ3n) is 6.72. The first-order valence-corrected chi connectivity index (χ1v) is 11.9. The Morgan fingerprint density at radius 1 is 1.13 bits per heavy atom. The van der Waals surface area contributed by atoms with Gasteiger partial charge in [0, 0.05) is 64.1 Å². The van der Waals surface area contributed by atoms with Crippen molar-refractivity contribution in [3.63, 3.8) is 0 Å². The molecule has 0 unspecified atom stereocenters. The number of aryl methyl sites for hydroxylation is 2. The van der Waals surface area contributed by atoms with Crippen molar-refractivity contribution in [3.8, 4) is 0 Å². The second kappa shape index (κ2) is 9.17.